The van der Waals surface area contributed by atoms with E-state index < -0.39 is 5.82 Å². The summed E-state index contributed by atoms with van der Waals surface area (Å²) < 4.78 is 13.5. The first-order valence-corrected chi connectivity index (χ1v) is 6.01. The van der Waals surface area contributed by atoms with Gasteiger partial charge in [0.15, 0.2) is 0 Å². The maximum absolute atomic E-state index is 13.5. The van der Waals surface area contributed by atoms with E-state index in [2.05, 4.69) is 15.3 Å². The third-order valence-corrected chi connectivity index (χ3v) is 2.64. The van der Waals surface area contributed by atoms with Crippen molar-refractivity contribution < 1.29 is 4.39 Å². The van der Waals surface area contributed by atoms with Gasteiger partial charge in [0.25, 0.3) is 0 Å². The van der Waals surface area contributed by atoms with Gasteiger partial charge < -0.3 is 5.32 Å². The summed E-state index contributed by atoms with van der Waals surface area (Å²) in [4.78, 5) is 8.24. The first-order valence-electron chi connectivity index (χ1n) is 5.63. The van der Waals surface area contributed by atoms with Crippen molar-refractivity contribution in [3.8, 4) is 6.07 Å². The van der Waals surface area contributed by atoms with Crippen LogP contribution in [-0.4, -0.2) is 9.97 Å². The van der Waals surface area contributed by atoms with Gasteiger partial charge in [0.1, 0.15) is 34.2 Å². The molecule has 1 aromatic heterocycles. The molecule has 0 radical (unpaired) electrons. The standard InChI is InChI=1S/C13H10ClFN4/c1-2-12-18-11(14)6-13(19-12)17-10-5-3-4-9(15)8(10)7-16/h3-6H,2H2,1H3,(H,17,18,19). The van der Waals surface area contributed by atoms with Gasteiger partial charge >= 0.3 is 0 Å². The third kappa shape index (κ3) is 2.98. The van der Waals surface area contributed by atoms with Gasteiger partial charge in [0, 0.05) is 12.5 Å². The van der Waals surface area contributed by atoms with Crippen molar-refractivity contribution in [1.29, 1.82) is 5.26 Å². The van der Waals surface area contributed by atoms with Gasteiger partial charge in [-0.05, 0) is 12.1 Å². The Morgan fingerprint density at radius 1 is 1.42 bits per heavy atom. The molecule has 0 amide bonds. The lowest BCUT2D eigenvalue weighted by molar-refractivity contribution is 0.624. The summed E-state index contributed by atoms with van der Waals surface area (Å²) in [7, 11) is 0. The lowest BCUT2D eigenvalue weighted by atomic mass is 10.2. The molecule has 2 rings (SSSR count). The molecule has 1 heterocycles. The quantitative estimate of drug-likeness (QED) is 0.872. The largest absolute Gasteiger partial charge is 0.339 e. The van der Waals surface area contributed by atoms with Crippen molar-refractivity contribution in [2.75, 3.05) is 5.32 Å². The Hall–Kier alpha value is -2.19. The molecule has 4 nitrogen and oxygen atoms in total. The van der Waals surface area contributed by atoms with E-state index in [0.29, 0.717) is 28.9 Å². The number of nitrogens with one attached hydrogen (secondary N) is 1. The molecule has 19 heavy (non-hydrogen) atoms. The fraction of sp³-hybridized carbons (Fsp3) is 0.154. The predicted molar refractivity (Wildman–Crippen MR) is 70.8 cm³/mol. The topological polar surface area (TPSA) is 61.6 Å². The van der Waals surface area contributed by atoms with Crippen LogP contribution in [0.5, 0.6) is 0 Å². The van der Waals surface area contributed by atoms with E-state index in [1.807, 2.05) is 13.0 Å². The van der Waals surface area contributed by atoms with Crippen LogP contribution in [0.25, 0.3) is 0 Å². The first kappa shape index (κ1) is 13.2. The highest BCUT2D eigenvalue weighted by Crippen LogP contribution is 2.22. The Kier molecular flexibility index (Phi) is 3.93. The number of nitrogens with zero attached hydrogens (tertiary/aromatic N) is 3. The fourth-order valence-electron chi connectivity index (χ4n) is 1.57. The zero-order chi connectivity index (χ0) is 13.8. The minimum Gasteiger partial charge on any atom is -0.339 e. The molecular formula is C13H10ClFN4. The monoisotopic (exact) mass is 276 g/mol. The Morgan fingerprint density at radius 2 is 2.21 bits per heavy atom. The highest BCUT2D eigenvalue weighted by Gasteiger charge is 2.09. The molecule has 0 bridgehead atoms. The van der Waals surface area contributed by atoms with Crippen LogP contribution in [0, 0.1) is 17.1 Å². The number of aryl methyl sites for hydroxylation is 1. The summed E-state index contributed by atoms with van der Waals surface area (Å²) in [6.07, 6.45) is 0.628. The zero-order valence-electron chi connectivity index (χ0n) is 10.1. The first-order chi connectivity index (χ1) is 9.13. The van der Waals surface area contributed by atoms with Gasteiger partial charge in [-0.3, -0.25) is 0 Å². The number of halogens is 2. The number of nitriles is 1. The van der Waals surface area contributed by atoms with Crippen molar-refractivity contribution in [2.45, 2.75) is 13.3 Å². The summed E-state index contributed by atoms with van der Waals surface area (Å²) >= 11 is 5.87. The number of benzene rings is 1. The van der Waals surface area contributed by atoms with Gasteiger partial charge in [0.05, 0.1) is 5.69 Å². The minimum absolute atomic E-state index is 0.0599. The Balaban J connectivity index is 2.39. The molecule has 0 aliphatic carbocycles. The molecule has 0 aliphatic heterocycles. The van der Waals surface area contributed by atoms with Gasteiger partial charge in [-0.15, -0.1) is 0 Å². The molecule has 6 heteroatoms. The van der Waals surface area contributed by atoms with Crippen molar-refractivity contribution >= 4 is 23.1 Å². The molecule has 0 fully saturated rings. The predicted octanol–water partition coefficient (Wildman–Crippen LogP) is 3.45. The molecule has 0 saturated carbocycles. The summed E-state index contributed by atoms with van der Waals surface area (Å²) in [5.41, 5.74) is 0.287. The van der Waals surface area contributed by atoms with E-state index >= 15 is 0 Å². The zero-order valence-corrected chi connectivity index (χ0v) is 10.9. The Labute approximate surface area is 114 Å². The van der Waals surface area contributed by atoms with Crippen LogP contribution in [0.3, 0.4) is 0 Å². The van der Waals surface area contributed by atoms with E-state index in [1.165, 1.54) is 18.2 Å². The molecule has 0 saturated heterocycles. The van der Waals surface area contributed by atoms with Gasteiger partial charge in [0.2, 0.25) is 0 Å². The maximum atomic E-state index is 13.5. The lowest BCUT2D eigenvalue weighted by Crippen LogP contribution is -2.01. The van der Waals surface area contributed by atoms with Gasteiger partial charge in [-0.25, -0.2) is 14.4 Å². The molecule has 1 N–H and O–H groups in total. The average molecular weight is 277 g/mol. The van der Waals surface area contributed by atoms with E-state index in [0.717, 1.165) is 0 Å². The molecule has 0 atom stereocenters. The van der Waals surface area contributed by atoms with E-state index in [9.17, 15) is 4.39 Å². The van der Waals surface area contributed by atoms with Crippen LogP contribution >= 0.6 is 11.6 Å². The summed E-state index contributed by atoms with van der Waals surface area (Å²) in [5.74, 6) is 0.423. The molecule has 0 unspecified atom stereocenters. The molecule has 1 aromatic carbocycles. The average Bonchev–Trinajstić information content (AvgIpc) is 2.38. The molecule has 2 aromatic rings. The Bertz CT molecular complexity index is 652. The van der Waals surface area contributed by atoms with E-state index in [-0.39, 0.29) is 5.56 Å². The van der Waals surface area contributed by atoms with Crippen LogP contribution in [-0.2, 0) is 6.42 Å². The SMILES string of the molecule is CCc1nc(Cl)cc(Nc2cccc(F)c2C#N)n1. The number of hydrogen-bond acceptors (Lipinski definition) is 4. The van der Waals surface area contributed by atoms with E-state index in [1.54, 1.807) is 6.07 Å². The van der Waals surface area contributed by atoms with Crippen LogP contribution in [0.1, 0.15) is 18.3 Å². The molecule has 96 valence electrons. The smallest absolute Gasteiger partial charge is 0.143 e. The van der Waals surface area contributed by atoms with Crippen LogP contribution < -0.4 is 5.32 Å². The number of hydrogen-bond donors (Lipinski definition) is 1. The highest BCUT2D eigenvalue weighted by atomic mass is 35.5. The lowest BCUT2D eigenvalue weighted by Gasteiger charge is -2.09. The fourth-order valence-corrected chi connectivity index (χ4v) is 1.77. The molecule has 0 spiro atoms. The second-order valence-electron chi connectivity index (χ2n) is 3.74. The summed E-state index contributed by atoms with van der Waals surface area (Å²) in [6.45, 7) is 1.90. The summed E-state index contributed by atoms with van der Waals surface area (Å²) in [6, 6.07) is 7.68. The van der Waals surface area contributed by atoms with E-state index in [4.69, 9.17) is 16.9 Å². The molecule has 0 aliphatic rings. The molecular weight excluding hydrogens is 267 g/mol. The van der Waals surface area contributed by atoms with Crippen molar-refractivity contribution in [3.63, 3.8) is 0 Å². The van der Waals surface area contributed by atoms with Crippen molar-refractivity contribution in [1.82, 2.24) is 9.97 Å². The number of aromatic nitrogens is 2. The normalized spacial score (nSPS) is 10.0. The second-order valence-corrected chi connectivity index (χ2v) is 4.13. The van der Waals surface area contributed by atoms with Gasteiger partial charge in [-0.1, -0.05) is 24.6 Å². The number of anilines is 2. The summed E-state index contributed by atoms with van der Waals surface area (Å²) in [5, 5.41) is 12.1. The van der Waals surface area contributed by atoms with Crippen molar-refractivity contribution in [3.05, 3.63) is 46.6 Å². The van der Waals surface area contributed by atoms with Crippen LogP contribution in [0.15, 0.2) is 24.3 Å². The van der Waals surface area contributed by atoms with Crippen LogP contribution in [0.4, 0.5) is 15.9 Å². The van der Waals surface area contributed by atoms with Crippen molar-refractivity contribution in [2.24, 2.45) is 0 Å². The number of rotatable bonds is 3. The van der Waals surface area contributed by atoms with Gasteiger partial charge in [-0.2, -0.15) is 5.26 Å². The van der Waals surface area contributed by atoms with Crippen LogP contribution in [0.2, 0.25) is 5.15 Å². The maximum Gasteiger partial charge on any atom is 0.143 e. The minimum atomic E-state index is -0.580. The highest BCUT2D eigenvalue weighted by molar-refractivity contribution is 6.29. The third-order valence-electron chi connectivity index (χ3n) is 2.45. The second kappa shape index (κ2) is 5.63. The Morgan fingerprint density at radius 3 is 2.89 bits per heavy atom.